The molecule has 1 fully saturated rings. The van der Waals surface area contributed by atoms with Gasteiger partial charge in [0.25, 0.3) is 10.0 Å². The lowest BCUT2D eigenvalue weighted by molar-refractivity contribution is -0.143. The Morgan fingerprint density at radius 3 is 2.57 bits per heavy atom. The molecule has 0 aliphatic carbocycles. The molecule has 0 atom stereocenters. The van der Waals surface area contributed by atoms with Crippen LogP contribution in [-0.4, -0.2) is 54.3 Å². The van der Waals surface area contributed by atoms with Crippen LogP contribution in [0.15, 0.2) is 71.2 Å². The van der Waals surface area contributed by atoms with Gasteiger partial charge in [0.1, 0.15) is 12.1 Å². The second kappa shape index (κ2) is 9.47. The molecule has 9 nitrogen and oxygen atoms in total. The van der Waals surface area contributed by atoms with Crippen LogP contribution in [0.4, 0.5) is 10.8 Å². The zero-order valence-electron chi connectivity index (χ0n) is 20.1. The number of hydrogen-bond donors (Lipinski definition) is 1. The van der Waals surface area contributed by atoms with E-state index < -0.39 is 15.6 Å². The van der Waals surface area contributed by atoms with Gasteiger partial charge in [0.2, 0.25) is 11.8 Å². The minimum atomic E-state index is -3.79. The fraction of sp³-hybridized carbons (Fsp3) is 0.240. The smallest absolute Gasteiger partial charge is 0.263 e. The Hall–Kier alpha value is -3.41. The number of carbonyl (C=O) groups excluding carboxylic acids is 2. The van der Waals surface area contributed by atoms with Gasteiger partial charge in [-0.15, -0.1) is 11.3 Å². The second-order valence-electron chi connectivity index (χ2n) is 9.13. The maximum atomic E-state index is 13.6. The lowest BCUT2D eigenvalue weighted by atomic mass is 10.0. The Kier molecular flexibility index (Phi) is 6.47. The summed E-state index contributed by atoms with van der Waals surface area (Å²) in [6.07, 6.45) is 3.35. The van der Waals surface area contributed by atoms with Crippen molar-refractivity contribution in [2.24, 2.45) is 0 Å². The van der Waals surface area contributed by atoms with Crippen molar-refractivity contribution in [3.05, 3.63) is 71.3 Å². The van der Waals surface area contributed by atoms with Gasteiger partial charge < -0.3 is 14.4 Å². The Labute approximate surface area is 224 Å². The van der Waals surface area contributed by atoms with Gasteiger partial charge in [-0.1, -0.05) is 23.7 Å². The fourth-order valence-electron chi connectivity index (χ4n) is 4.48. The van der Waals surface area contributed by atoms with Gasteiger partial charge in [-0.2, -0.15) is 0 Å². The number of thiazole rings is 1. The zero-order valence-corrected chi connectivity index (χ0v) is 22.5. The van der Waals surface area contributed by atoms with E-state index in [0.717, 1.165) is 10.9 Å². The molecule has 2 amide bonds. The molecule has 37 heavy (non-hydrogen) atoms. The third kappa shape index (κ3) is 4.70. The minimum Gasteiger partial charge on any atom is -0.332 e. The van der Waals surface area contributed by atoms with Gasteiger partial charge in [0.15, 0.2) is 5.13 Å². The van der Waals surface area contributed by atoms with E-state index in [2.05, 4.69) is 9.71 Å². The lowest BCUT2D eigenvalue weighted by Gasteiger charge is -2.39. The molecule has 2 aromatic carbocycles. The van der Waals surface area contributed by atoms with E-state index >= 15 is 0 Å². The van der Waals surface area contributed by atoms with E-state index in [4.69, 9.17) is 11.6 Å². The number of sulfonamides is 1. The Morgan fingerprint density at radius 1 is 1.14 bits per heavy atom. The standard InChI is InChI=1S/C25H24ClN5O4S2.H2/c1-25(2,31-12-10-17-4-3-5-20(26)22(17)31)23(33)29-13-14-30(21(32)16-29)18-6-8-19(9-7-18)37(34,35)28-24-27-11-15-36-24;/h3-12,15H,13-14,16H2,1-2H3,(H,27,28);1H. The Bertz CT molecular complexity index is 1590. The summed E-state index contributed by atoms with van der Waals surface area (Å²) in [7, 11) is -3.79. The van der Waals surface area contributed by atoms with Crippen LogP contribution < -0.4 is 9.62 Å². The topological polar surface area (TPSA) is 105 Å². The lowest BCUT2D eigenvalue weighted by Crippen LogP contribution is -2.57. The number of halogens is 1. The molecule has 1 N–H and O–H groups in total. The number of benzene rings is 2. The van der Waals surface area contributed by atoms with Crippen molar-refractivity contribution in [3.63, 3.8) is 0 Å². The van der Waals surface area contributed by atoms with E-state index in [1.165, 1.54) is 29.7 Å². The number of carbonyl (C=O) groups is 2. The third-order valence-electron chi connectivity index (χ3n) is 6.41. The summed E-state index contributed by atoms with van der Waals surface area (Å²) >= 11 is 7.61. The van der Waals surface area contributed by atoms with E-state index in [-0.39, 0.29) is 36.4 Å². The van der Waals surface area contributed by atoms with E-state index in [1.807, 2.05) is 42.8 Å². The van der Waals surface area contributed by atoms with Crippen LogP contribution in [0.2, 0.25) is 5.02 Å². The van der Waals surface area contributed by atoms with E-state index in [9.17, 15) is 18.0 Å². The first kappa shape index (κ1) is 25.2. The van der Waals surface area contributed by atoms with E-state index in [0.29, 0.717) is 17.3 Å². The molecule has 3 heterocycles. The molecule has 0 bridgehead atoms. The molecule has 12 heteroatoms. The van der Waals surface area contributed by atoms with E-state index in [1.54, 1.807) is 33.4 Å². The minimum absolute atomic E-state index is 0. The van der Waals surface area contributed by atoms with Crippen LogP contribution in [0.25, 0.3) is 10.9 Å². The number of para-hydroxylation sites is 1. The number of fused-ring (bicyclic) bond motifs is 1. The number of hydrogen-bond acceptors (Lipinski definition) is 6. The van der Waals surface area contributed by atoms with Gasteiger partial charge in [-0.25, -0.2) is 13.4 Å². The molecule has 4 aromatic rings. The molecule has 1 aliphatic rings. The second-order valence-corrected chi connectivity index (χ2v) is 12.1. The van der Waals surface area contributed by atoms with Gasteiger partial charge in [-0.3, -0.25) is 14.3 Å². The number of nitrogens with one attached hydrogen (secondary N) is 1. The van der Waals surface area contributed by atoms with Crippen LogP contribution in [0.5, 0.6) is 0 Å². The van der Waals surface area contributed by atoms with Crippen molar-refractivity contribution in [1.82, 2.24) is 14.5 Å². The quantitative estimate of drug-likeness (QED) is 0.377. The van der Waals surface area contributed by atoms with Crippen molar-refractivity contribution in [1.29, 1.82) is 0 Å². The first-order valence-electron chi connectivity index (χ1n) is 11.5. The van der Waals surface area contributed by atoms with Crippen molar-refractivity contribution in [2.45, 2.75) is 24.3 Å². The largest absolute Gasteiger partial charge is 0.332 e. The Balaban J connectivity index is 0.00000336. The Morgan fingerprint density at radius 2 is 1.89 bits per heavy atom. The normalized spacial score (nSPS) is 14.8. The first-order valence-corrected chi connectivity index (χ1v) is 14.2. The van der Waals surface area contributed by atoms with Crippen molar-refractivity contribution >= 4 is 66.5 Å². The molecular formula is C25H26ClN5O4S2. The number of aromatic nitrogens is 2. The predicted molar refractivity (Wildman–Crippen MR) is 147 cm³/mol. The summed E-state index contributed by atoms with van der Waals surface area (Å²) < 4.78 is 29.4. The fourth-order valence-corrected chi connectivity index (χ4v) is 6.54. The van der Waals surface area contributed by atoms with Crippen LogP contribution in [-0.2, 0) is 25.2 Å². The maximum Gasteiger partial charge on any atom is 0.263 e. The van der Waals surface area contributed by atoms with Crippen molar-refractivity contribution in [3.8, 4) is 0 Å². The number of piperazine rings is 1. The SMILES string of the molecule is CC(C)(C(=O)N1CCN(c2ccc(S(=O)(=O)Nc3nccs3)cc2)C(=O)C1)n1ccc2cccc(Cl)c21.[HH]. The highest BCUT2D eigenvalue weighted by Gasteiger charge is 2.38. The van der Waals surface area contributed by atoms with Crippen LogP contribution in [0, 0.1) is 0 Å². The number of nitrogens with zero attached hydrogens (tertiary/aromatic N) is 4. The molecule has 194 valence electrons. The summed E-state index contributed by atoms with van der Waals surface area (Å²) in [5.74, 6) is -0.435. The van der Waals surface area contributed by atoms with Gasteiger partial charge >= 0.3 is 0 Å². The zero-order chi connectivity index (χ0) is 26.4. The van der Waals surface area contributed by atoms with Crippen molar-refractivity contribution < 1.29 is 19.4 Å². The molecule has 2 aromatic heterocycles. The summed E-state index contributed by atoms with van der Waals surface area (Å²) in [5.41, 5.74) is 0.370. The summed E-state index contributed by atoms with van der Waals surface area (Å²) in [6.45, 7) is 4.17. The van der Waals surface area contributed by atoms with Crippen LogP contribution in [0.3, 0.4) is 0 Å². The molecule has 0 radical (unpaired) electrons. The highest BCUT2D eigenvalue weighted by molar-refractivity contribution is 7.93. The third-order valence-corrected chi connectivity index (χ3v) is 8.89. The molecule has 0 unspecified atom stereocenters. The highest BCUT2D eigenvalue weighted by atomic mass is 35.5. The molecule has 1 aliphatic heterocycles. The van der Waals surface area contributed by atoms with Gasteiger partial charge in [0.05, 0.1) is 15.4 Å². The average Bonchev–Trinajstić information content (AvgIpc) is 3.54. The predicted octanol–water partition coefficient (Wildman–Crippen LogP) is 4.41. The monoisotopic (exact) mass is 559 g/mol. The number of rotatable bonds is 6. The number of amides is 2. The first-order chi connectivity index (χ1) is 17.6. The molecule has 5 rings (SSSR count). The van der Waals surface area contributed by atoms with Gasteiger partial charge in [0, 0.05) is 43.4 Å². The summed E-state index contributed by atoms with van der Waals surface area (Å²) in [6, 6.07) is 13.6. The summed E-state index contributed by atoms with van der Waals surface area (Å²) in [4.78, 5) is 33.7. The van der Waals surface area contributed by atoms with Crippen molar-refractivity contribution in [2.75, 3.05) is 29.3 Å². The molecule has 1 saturated heterocycles. The summed E-state index contributed by atoms with van der Waals surface area (Å²) in [5, 5.41) is 3.44. The maximum absolute atomic E-state index is 13.6. The molecule has 0 spiro atoms. The highest BCUT2D eigenvalue weighted by Crippen LogP contribution is 2.31. The molecule has 0 saturated carbocycles. The number of anilines is 2. The van der Waals surface area contributed by atoms with Crippen LogP contribution in [0.1, 0.15) is 15.3 Å². The van der Waals surface area contributed by atoms with Gasteiger partial charge in [-0.05, 0) is 50.2 Å². The average molecular weight is 560 g/mol. The van der Waals surface area contributed by atoms with Crippen LogP contribution >= 0.6 is 22.9 Å². The molecular weight excluding hydrogens is 534 g/mol.